The Hall–Kier alpha value is -2.64. The van der Waals surface area contributed by atoms with Gasteiger partial charge < -0.3 is 10.2 Å². The van der Waals surface area contributed by atoms with Crippen molar-refractivity contribution < 1.29 is 4.79 Å². The highest BCUT2D eigenvalue weighted by Gasteiger charge is 2.22. The van der Waals surface area contributed by atoms with Gasteiger partial charge in [-0.25, -0.2) is 4.68 Å². The van der Waals surface area contributed by atoms with Crippen molar-refractivity contribution >= 4 is 11.6 Å². The average Bonchev–Trinajstić information content (AvgIpc) is 3.08. The number of carbonyl (C=O) groups excluding carboxylic acids is 1. The van der Waals surface area contributed by atoms with Crippen molar-refractivity contribution in [3.8, 4) is 0 Å². The van der Waals surface area contributed by atoms with Crippen molar-refractivity contribution in [3.05, 3.63) is 40.6 Å². The van der Waals surface area contributed by atoms with E-state index >= 15 is 0 Å². The third-order valence-corrected chi connectivity index (χ3v) is 5.01. The van der Waals surface area contributed by atoms with Gasteiger partial charge in [-0.1, -0.05) is 0 Å². The fourth-order valence-corrected chi connectivity index (χ4v) is 3.19. The van der Waals surface area contributed by atoms with Gasteiger partial charge in [0.05, 0.1) is 18.1 Å². The Bertz CT molecular complexity index is 819. The molecular formula is C18H26N6O2. The van der Waals surface area contributed by atoms with Gasteiger partial charge >= 0.3 is 0 Å². The zero-order chi connectivity index (χ0) is 18.7. The van der Waals surface area contributed by atoms with Crippen molar-refractivity contribution in [1.82, 2.24) is 24.9 Å². The van der Waals surface area contributed by atoms with E-state index in [1.807, 2.05) is 20.0 Å². The lowest BCUT2D eigenvalue weighted by molar-refractivity contribution is -0.124. The number of anilines is 1. The first-order chi connectivity index (χ1) is 12.4. The van der Waals surface area contributed by atoms with E-state index in [9.17, 15) is 9.59 Å². The van der Waals surface area contributed by atoms with Crippen LogP contribution in [0.4, 0.5) is 5.69 Å². The number of aryl methyl sites for hydroxylation is 2. The lowest BCUT2D eigenvalue weighted by Crippen LogP contribution is -2.40. The van der Waals surface area contributed by atoms with Crippen LogP contribution in [-0.2, 0) is 11.8 Å². The van der Waals surface area contributed by atoms with Gasteiger partial charge in [-0.2, -0.15) is 10.2 Å². The van der Waals surface area contributed by atoms with Crippen LogP contribution in [0, 0.1) is 12.8 Å². The molecule has 0 saturated carbocycles. The number of aromatic nitrogens is 4. The highest BCUT2D eigenvalue weighted by atomic mass is 16.2. The molecule has 3 rings (SSSR count). The fraction of sp³-hybridized carbons (Fsp3) is 0.556. The number of rotatable bonds is 5. The summed E-state index contributed by atoms with van der Waals surface area (Å²) in [7, 11) is 1.65. The number of nitrogens with one attached hydrogen (secondary N) is 1. The number of piperidine rings is 1. The van der Waals surface area contributed by atoms with E-state index in [0.29, 0.717) is 12.5 Å². The Kier molecular flexibility index (Phi) is 5.39. The van der Waals surface area contributed by atoms with E-state index in [4.69, 9.17) is 0 Å². The molecule has 0 aliphatic carbocycles. The molecule has 1 atom stereocenters. The zero-order valence-corrected chi connectivity index (χ0v) is 15.6. The molecule has 0 aromatic carbocycles. The first kappa shape index (κ1) is 18.2. The van der Waals surface area contributed by atoms with Gasteiger partial charge in [-0.15, -0.1) is 0 Å². The van der Waals surface area contributed by atoms with E-state index in [1.54, 1.807) is 30.2 Å². The number of amides is 1. The van der Waals surface area contributed by atoms with Gasteiger partial charge in [0, 0.05) is 38.9 Å². The quantitative estimate of drug-likeness (QED) is 0.858. The Morgan fingerprint density at radius 1 is 1.31 bits per heavy atom. The lowest BCUT2D eigenvalue weighted by atomic mass is 9.96. The Labute approximate surface area is 152 Å². The molecular weight excluding hydrogens is 332 g/mol. The van der Waals surface area contributed by atoms with Crippen LogP contribution in [0.1, 0.15) is 31.4 Å². The highest BCUT2D eigenvalue weighted by Crippen LogP contribution is 2.21. The molecule has 26 heavy (non-hydrogen) atoms. The maximum absolute atomic E-state index is 12.3. The molecule has 1 fully saturated rings. The Morgan fingerprint density at radius 2 is 2.04 bits per heavy atom. The second-order valence-electron chi connectivity index (χ2n) is 7.02. The maximum atomic E-state index is 12.3. The van der Waals surface area contributed by atoms with Gasteiger partial charge in [-0.05, 0) is 38.2 Å². The molecule has 0 bridgehead atoms. The minimum atomic E-state index is -0.310. The molecule has 0 unspecified atom stereocenters. The summed E-state index contributed by atoms with van der Waals surface area (Å²) in [6.45, 7) is 6.21. The van der Waals surface area contributed by atoms with Crippen LogP contribution in [0.2, 0.25) is 0 Å². The summed E-state index contributed by atoms with van der Waals surface area (Å²) in [6.07, 6.45) is 7.32. The summed E-state index contributed by atoms with van der Waals surface area (Å²) < 4.78 is 3.02. The Morgan fingerprint density at radius 3 is 2.65 bits per heavy atom. The van der Waals surface area contributed by atoms with Gasteiger partial charge in [0.15, 0.2) is 0 Å². The SMILES string of the molecule is Cc1cnn([C@H](C)C(=O)NCC2CCN(c3cnn(C)c(=O)c3)CC2)c1. The molecule has 8 nitrogen and oxygen atoms in total. The molecule has 0 radical (unpaired) electrons. The predicted molar refractivity (Wildman–Crippen MR) is 99.1 cm³/mol. The van der Waals surface area contributed by atoms with Crippen LogP contribution in [-0.4, -0.2) is 45.1 Å². The largest absolute Gasteiger partial charge is 0.370 e. The molecule has 1 amide bonds. The van der Waals surface area contributed by atoms with Gasteiger partial charge in [0.2, 0.25) is 5.91 Å². The monoisotopic (exact) mass is 358 g/mol. The molecule has 2 aromatic heterocycles. The van der Waals surface area contributed by atoms with E-state index in [2.05, 4.69) is 20.4 Å². The number of hydrogen-bond acceptors (Lipinski definition) is 5. The van der Waals surface area contributed by atoms with E-state index in [-0.39, 0.29) is 17.5 Å². The van der Waals surface area contributed by atoms with Crippen LogP contribution in [0.3, 0.4) is 0 Å². The van der Waals surface area contributed by atoms with Crippen molar-refractivity contribution in [2.45, 2.75) is 32.7 Å². The second-order valence-corrected chi connectivity index (χ2v) is 7.02. The normalized spacial score (nSPS) is 16.5. The molecule has 3 heterocycles. The van der Waals surface area contributed by atoms with Crippen LogP contribution in [0.25, 0.3) is 0 Å². The summed E-state index contributed by atoms with van der Waals surface area (Å²) in [6, 6.07) is 1.32. The maximum Gasteiger partial charge on any atom is 0.268 e. The first-order valence-corrected chi connectivity index (χ1v) is 9.01. The second kappa shape index (κ2) is 7.72. The fourth-order valence-electron chi connectivity index (χ4n) is 3.19. The van der Waals surface area contributed by atoms with Crippen molar-refractivity contribution in [2.24, 2.45) is 13.0 Å². The average molecular weight is 358 g/mol. The number of nitrogens with zero attached hydrogens (tertiary/aromatic N) is 5. The van der Waals surface area contributed by atoms with E-state index in [1.165, 1.54) is 4.68 Å². The van der Waals surface area contributed by atoms with Crippen molar-refractivity contribution in [2.75, 3.05) is 24.5 Å². The molecule has 1 aliphatic rings. The van der Waals surface area contributed by atoms with Crippen LogP contribution in [0.15, 0.2) is 29.5 Å². The molecule has 2 aromatic rings. The van der Waals surface area contributed by atoms with Gasteiger partial charge in [0.25, 0.3) is 5.56 Å². The molecule has 140 valence electrons. The number of carbonyl (C=O) groups is 1. The minimum absolute atomic E-state index is 0.00807. The third-order valence-electron chi connectivity index (χ3n) is 5.01. The van der Waals surface area contributed by atoms with Crippen LogP contribution >= 0.6 is 0 Å². The molecule has 1 aliphatic heterocycles. The van der Waals surface area contributed by atoms with E-state index < -0.39 is 0 Å². The summed E-state index contributed by atoms with van der Waals surface area (Å²) in [5.41, 5.74) is 1.82. The smallest absolute Gasteiger partial charge is 0.268 e. The van der Waals surface area contributed by atoms with Crippen LogP contribution in [0.5, 0.6) is 0 Å². The molecule has 8 heteroatoms. The number of hydrogen-bond donors (Lipinski definition) is 1. The summed E-state index contributed by atoms with van der Waals surface area (Å²) in [5.74, 6) is 0.438. The predicted octanol–water partition coefficient (Wildman–Crippen LogP) is 0.879. The van der Waals surface area contributed by atoms with E-state index in [0.717, 1.165) is 37.2 Å². The summed E-state index contributed by atoms with van der Waals surface area (Å²) in [5, 5.41) is 11.3. The molecule has 0 spiro atoms. The third kappa shape index (κ3) is 4.12. The topological polar surface area (TPSA) is 85.1 Å². The summed E-state index contributed by atoms with van der Waals surface area (Å²) in [4.78, 5) is 26.2. The standard InChI is InChI=1S/C18H26N6O2/c1-13-9-21-24(12-13)14(2)18(26)19-10-15-4-6-23(7-5-15)16-8-17(25)22(3)20-11-16/h8-9,11-12,14-15H,4-7,10H2,1-3H3,(H,19,26)/t14-/m1/s1. The minimum Gasteiger partial charge on any atom is -0.370 e. The van der Waals surface area contributed by atoms with Crippen molar-refractivity contribution in [1.29, 1.82) is 0 Å². The van der Waals surface area contributed by atoms with Crippen LogP contribution < -0.4 is 15.8 Å². The molecule has 1 saturated heterocycles. The Balaban J connectivity index is 1.47. The zero-order valence-electron chi connectivity index (χ0n) is 15.6. The van der Waals surface area contributed by atoms with Gasteiger partial charge in [-0.3, -0.25) is 14.3 Å². The molecule has 1 N–H and O–H groups in total. The highest BCUT2D eigenvalue weighted by molar-refractivity contribution is 5.79. The summed E-state index contributed by atoms with van der Waals surface area (Å²) >= 11 is 0. The first-order valence-electron chi connectivity index (χ1n) is 9.01. The van der Waals surface area contributed by atoms with Gasteiger partial charge in [0.1, 0.15) is 6.04 Å². The van der Waals surface area contributed by atoms with Crippen molar-refractivity contribution in [3.63, 3.8) is 0 Å². The lowest BCUT2D eigenvalue weighted by Gasteiger charge is -2.33.